The van der Waals surface area contributed by atoms with Crippen LogP contribution in [-0.2, 0) is 0 Å². The summed E-state index contributed by atoms with van der Waals surface area (Å²) in [5.74, 6) is 0. The molecule has 9 rings (SSSR count). The normalized spacial score (nSPS) is 12.3. The van der Waals surface area contributed by atoms with Gasteiger partial charge in [0.25, 0.3) is 0 Å². The van der Waals surface area contributed by atoms with Gasteiger partial charge in [-0.2, -0.15) is 0 Å². The van der Waals surface area contributed by atoms with Gasteiger partial charge in [0.05, 0.1) is 0 Å². The minimum Gasteiger partial charge on any atom is -0.311 e. The summed E-state index contributed by atoms with van der Waals surface area (Å²) >= 11 is 0. The van der Waals surface area contributed by atoms with Crippen molar-refractivity contribution < 1.29 is 0 Å². The number of para-hydroxylation sites is 2. The molecule has 8 aromatic carbocycles. The Kier molecular flexibility index (Phi) is 10.2. The van der Waals surface area contributed by atoms with Gasteiger partial charge in [-0.3, -0.25) is 0 Å². The van der Waals surface area contributed by atoms with Crippen molar-refractivity contribution in [2.75, 3.05) is 9.80 Å². The molecule has 0 saturated heterocycles. The van der Waals surface area contributed by atoms with E-state index in [1.165, 1.54) is 44.5 Å². The van der Waals surface area contributed by atoms with E-state index in [0.717, 1.165) is 40.6 Å². The molecule has 8 aromatic rings. The van der Waals surface area contributed by atoms with Crippen molar-refractivity contribution in [1.82, 2.24) is 0 Å². The summed E-state index contributed by atoms with van der Waals surface area (Å²) in [6.45, 7) is 0. The topological polar surface area (TPSA) is 6.48 Å². The quantitative estimate of drug-likeness (QED) is 0.138. The third-order valence-electron chi connectivity index (χ3n) is 10.5. The van der Waals surface area contributed by atoms with E-state index < -0.39 is 0 Å². The second-order valence-corrected chi connectivity index (χ2v) is 14.1. The first-order valence-electron chi connectivity index (χ1n) is 19.6. The summed E-state index contributed by atoms with van der Waals surface area (Å²) in [7, 11) is 0. The summed E-state index contributed by atoms with van der Waals surface area (Å²) in [4.78, 5) is 4.65. The van der Waals surface area contributed by atoms with Gasteiger partial charge in [-0.25, -0.2) is 0 Å². The fourth-order valence-electron chi connectivity index (χ4n) is 7.57. The molecule has 2 heteroatoms. The molecule has 0 heterocycles. The lowest BCUT2D eigenvalue weighted by Crippen LogP contribution is -2.15. The lowest BCUT2D eigenvalue weighted by Gasteiger charge is -2.26. The summed E-state index contributed by atoms with van der Waals surface area (Å²) in [5, 5.41) is 0. The van der Waals surface area contributed by atoms with E-state index in [4.69, 9.17) is 0 Å². The van der Waals surface area contributed by atoms with Crippen molar-refractivity contribution in [2.24, 2.45) is 0 Å². The molecule has 272 valence electrons. The highest BCUT2D eigenvalue weighted by Gasteiger charge is 2.16. The Hall–Kier alpha value is -7.42. The highest BCUT2D eigenvalue weighted by atomic mass is 15.1. The van der Waals surface area contributed by atoms with Gasteiger partial charge in [0.2, 0.25) is 0 Å². The van der Waals surface area contributed by atoms with Crippen molar-refractivity contribution in [3.8, 4) is 33.4 Å². The van der Waals surface area contributed by atoms with E-state index in [1.807, 2.05) is 0 Å². The second-order valence-electron chi connectivity index (χ2n) is 14.1. The maximum Gasteiger partial charge on any atom is 0.0462 e. The van der Waals surface area contributed by atoms with E-state index >= 15 is 0 Å². The first-order chi connectivity index (χ1) is 28.3. The van der Waals surface area contributed by atoms with E-state index in [0.29, 0.717) is 0 Å². The average Bonchev–Trinajstić information content (AvgIpc) is 3.55. The third kappa shape index (κ3) is 7.89. The largest absolute Gasteiger partial charge is 0.311 e. The number of anilines is 5. The molecule has 0 fully saturated rings. The molecule has 2 nitrogen and oxygen atoms in total. The van der Waals surface area contributed by atoms with Gasteiger partial charge in [0, 0.05) is 34.1 Å². The van der Waals surface area contributed by atoms with Crippen molar-refractivity contribution in [1.29, 1.82) is 0 Å². The maximum absolute atomic E-state index is 2.34. The number of benzene rings is 8. The second kappa shape index (κ2) is 16.5. The smallest absolute Gasteiger partial charge is 0.0462 e. The van der Waals surface area contributed by atoms with Crippen LogP contribution in [0.2, 0.25) is 0 Å². The Morgan fingerprint density at radius 2 is 0.561 bits per heavy atom. The van der Waals surface area contributed by atoms with E-state index in [2.05, 4.69) is 252 Å². The molecule has 57 heavy (non-hydrogen) atoms. The van der Waals surface area contributed by atoms with Gasteiger partial charge in [0.15, 0.2) is 0 Å². The van der Waals surface area contributed by atoms with Crippen LogP contribution in [0.15, 0.2) is 248 Å². The van der Waals surface area contributed by atoms with Gasteiger partial charge in [-0.05, 0) is 118 Å². The van der Waals surface area contributed by atoms with Crippen molar-refractivity contribution in [2.45, 2.75) is 6.42 Å². The van der Waals surface area contributed by atoms with Crippen LogP contribution < -0.4 is 9.80 Å². The number of allylic oxidation sites excluding steroid dienone is 5. The zero-order valence-electron chi connectivity index (χ0n) is 31.7. The molecule has 0 aliphatic heterocycles. The number of hydrogen-bond acceptors (Lipinski definition) is 2. The summed E-state index contributed by atoms with van der Waals surface area (Å²) in [5.41, 5.74) is 16.4. The van der Waals surface area contributed by atoms with Crippen LogP contribution in [-0.4, -0.2) is 0 Å². The van der Waals surface area contributed by atoms with Gasteiger partial charge >= 0.3 is 0 Å². The van der Waals surface area contributed by atoms with Crippen molar-refractivity contribution in [3.63, 3.8) is 0 Å². The van der Waals surface area contributed by atoms with Crippen LogP contribution >= 0.6 is 0 Å². The van der Waals surface area contributed by atoms with Gasteiger partial charge < -0.3 is 9.80 Å². The predicted octanol–water partition coefficient (Wildman–Crippen LogP) is 15.2. The standard InChI is InChI=1S/C55H42N2/c1-5-14-42(15-6-1)47-29-36-53(37-30-47)56(50-19-9-3-10-20-50)52-23-13-18-44(28-35-52)45-24-26-46(27-25-45)49-33-40-55(41-34-49)57(51-21-11-4-12-22-51)54-38-31-48(32-39-54)43-16-7-2-8-17-43/h1-12,14-41H,13H2. The zero-order valence-corrected chi connectivity index (χ0v) is 31.7. The Morgan fingerprint density at radius 3 is 1.00 bits per heavy atom. The molecule has 0 atom stereocenters. The summed E-state index contributed by atoms with van der Waals surface area (Å²) < 4.78 is 0. The average molecular weight is 731 g/mol. The van der Waals surface area contributed by atoms with E-state index in [9.17, 15) is 0 Å². The summed E-state index contributed by atoms with van der Waals surface area (Å²) in [6, 6.07) is 77.8. The number of hydrogen-bond donors (Lipinski definition) is 0. The monoisotopic (exact) mass is 730 g/mol. The molecule has 0 spiro atoms. The first-order valence-corrected chi connectivity index (χ1v) is 19.6. The fraction of sp³-hybridized carbons (Fsp3) is 0.0182. The molecule has 0 unspecified atom stereocenters. The molecule has 0 radical (unpaired) electrons. The molecular formula is C55H42N2. The number of rotatable bonds is 10. The Balaban J connectivity index is 0.933. The highest BCUT2D eigenvalue weighted by molar-refractivity contribution is 5.82. The zero-order chi connectivity index (χ0) is 38.2. The Morgan fingerprint density at radius 1 is 0.246 bits per heavy atom. The lowest BCUT2D eigenvalue weighted by molar-refractivity contribution is 1.18. The molecule has 0 aromatic heterocycles. The Bertz CT molecular complexity index is 2630. The van der Waals surface area contributed by atoms with Gasteiger partial charge in [0.1, 0.15) is 0 Å². The minimum atomic E-state index is 0.833. The molecule has 0 bridgehead atoms. The van der Waals surface area contributed by atoms with Crippen LogP contribution in [0, 0.1) is 0 Å². The lowest BCUT2D eigenvalue weighted by atomic mass is 9.99. The first kappa shape index (κ1) is 35.3. The third-order valence-corrected chi connectivity index (χ3v) is 10.5. The van der Waals surface area contributed by atoms with Crippen LogP contribution in [0.5, 0.6) is 0 Å². The van der Waals surface area contributed by atoms with Crippen LogP contribution in [0.25, 0.3) is 39.0 Å². The summed E-state index contributed by atoms with van der Waals surface area (Å²) in [6.07, 6.45) is 9.96. The van der Waals surface area contributed by atoms with Gasteiger partial charge in [-0.1, -0.05) is 176 Å². The molecule has 0 N–H and O–H groups in total. The van der Waals surface area contributed by atoms with Crippen molar-refractivity contribution >= 4 is 34.0 Å². The van der Waals surface area contributed by atoms with E-state index in [1.54, 1.807) is 0 Å². The maximum atomic E-state index is 2.34. The van der Waals surface area contributed by atoms with E-state index in [-0.39, 0.29) is 0 Å². The van der Waals surface area contributed by atoms with Gasteiger partial charge in [-0.15, -0.1) is 0 Å². The van der Waals surface area contributed by atoms with Crippen LogP contribution in [0.1, 0.15) is 12.0 Å². The molecule has 0 amide bonds. The fourth-order valence-corrected chi connectivity index (χ4v) is 7.57. The molecule has 1 aliphatic rings. The SMILES string of the molecule is C1=CC(N(c2ccccc2)c2ccc(-c3ccccc3)cc2)=CCC=C1c1ccc(-c2ccc(N(c3ccccc3)c3ccc(-c4ccccc4)cc3)cc2)cc1. The molecule has 0 saturated carbocycles. The van der Waals surface area contributed by atoms with Crippen LogP contribution in [0.3, 0.4) is 0 Å². The highest BCUT2D eigenvalue weighted by Crippen LogP contribution is 2.38. The Labute approximate surface area is 336 Å². The molecular weight excluding hydrogens is 689 g/mol. The minimum absolute atomic E-state index is 0.833. The molecule has 1 aliphatic carbocycles. The van der Waals surface area contributed by atoms with Crippen molar-refractivity contribution in [3.05, 3.63) is 254 Å². The number of nitrogens with zero attached hydrogens (tertiary/aromatic N) is 2. The van der Waals surface area contributed by atoms with Crippen LogP contribution in [0.4, 0.5) is 28.4 Å². The predicted molar refractivity (Wildman–Crippen MR) is 242 cm³/mol.